The van der Waals surface area contributed by atoms with Gasteiger partial charge in [-0.05, 0) is 18.6 Å². The summed E-state index contributed by atoms with van der Waals surface area (Å²) in [5, 5.41) is 8.00. The van der Waals surface area contributed by atoms with Gasteiger partial charge in [-0.2, -0.15) is 0 Å². The fraction of sp³-hybridized carbons (Fsp3) is 0.385. The van der Waals surface area contributed by atoms with E-state index < -0.39 is 0 Å². The van der Waals surface area contributed by atoms with Crippen molar-refractivity contribution in [3.63, 3.8) is 0 Å². The molecule has 1 aromatic carbocycles. The Morgan fingerprint density at radius 3 is 2.63 bits per heavy atom. The molecule has 0 amide bonds. The van der Waals surface area contributed by atoms with Gasteiger partial charge < -0.3 is 14.8 Å². The molecule has 0 atom stereocenters. The summed E-state index contributed by atoms with van der Waals surface area (Å²) in [6, 6.07) is 7.65. The molecule has 6 heteroatoms. The maximum Gasteiger partial charge on any atom is 0.161 e. The van der Waals surface area contributed by atoms with E-state index >= 15 is 0 Å². The van der Waals surface area contributed by atoms with Gasteiger partial charge in [0.15, 0.2) is 11.5 Å². The van der Waals surface area contributed by atoms with Crippen LogP contribution >= 0.6 is 11.5 Å². The minimum atomic E-state index is 0.374. The summed E-state index contributed by atoms with van der Waals surface area (Å²) >= 11 is 1.32. The first-order chi connectivity index (χ1) is 9.35. The maximum atomic E-state index is 5.76. The van der Waals surface area contributed by atoms with Gasteiger partial charge in [-0.1, -0.05) is 23.5 Å². The first-order valence-electron chi connectivity index (χ1n) is 6.18. The molecular formula is C13H17N3O2S. The molecule has 0 unspecified atom stereocenters. The molecule has 2 rings (SSSR count). The van der Waals surface area contributed by atoms with Gasteiger partial charge in [0.25, 0.3) is 0 Å². The lowest BCUT2D eigenvalue weighted by Gasteiger charge is -2.11. The predicted molar refractivity (Wildman–Crippen MR) is 76.0 cm³/mol. The molecule has 0 aliphatic heterocycles. The van der Waals surface area contributed by atoms with Crippen molar-refractivity contribution in [3.8, 4) is 11.5 Å². The summed E-state index contributed by atoms with van der Waals surface area (Å²) < 4.78 is 15.3. The number of benzene rings is 1. The Morgan fingerprint density at radius 2 is 1.95 bits per heavy atom. The third-order valence-electron chi connectivity index (χ3n) is 2.46. The Morgan fingerprint density at radius 1 is 1.21 bits per heavy atom. The van der Waals surface area contributed by atoms with Gasteiger partial charge in [-0.15, -0.1) is 5.10 Å². The van der Waals surface area contributed by atoms with Crippen LogP contribution in [0.4, 0.5) is 5.00 Å². The number of ether oxygens (including phenoxy) is 2. The molecule has 0 bridgehead atoms. The zero-order chi connectivity index (χ0) is 13.5. The van der Waals surface area contributed by atoms with Crippen LogP contribution in [0.5, 0.6) is 11.5 Å². The van der Waals surface area contributed by atoms with Gasteiger partial charge in [0, 0.05) is 18.6 Å². The molecule has 0 fully saturated rings. The zero-order valence-electron chi connectivity index (χ0n) is 11.0. The summed E-state index contributed by atoms with van der Waals surface area (Å²) in [4.78, 5) is 0. The van der Waals surface area contributed by atoms with Gasteiger partial charge in [0.2, 0.25) is 0 Å². The van der Waals surface area contributed by atoms with Gasteiger partial charge in [-0.3, -0.25) is 0 Å². The number of rotatable bonds is 7. The second-order valence-corrected chi connectivity index (χ2v) is 4.64. The average Bonchev–Trinajstić information content (AvgIpc) is 2.91. The maximum absolute atomic E-state index is 5.76. The average molecular weight is 279 g/mol. The van der Waals surface area contributed by atoms with E-state index in [1.165, 1.54) is 11.5 Å². The highest BCUT2D eigenvalue weighted by Crippen LogP contribution is 2.28. The van der Waals surface area contributed by atoms with Crippen molar-refractivity contribution in [1.82, 2.24) is 9.59 Å². The normalized spacial score (nSPS) is 10.2. The molecule has 5 nitrogen and oxygen atoms in total. The van der Waals surface area contributed by atoms with E-state index in [0.717, 1.165) is 28.6 Å². The van der Waals surface area contributed by atoms with Crippen molar-refractivity contribution in [1.29, 1.82) is 0 Å². The van der Waals surface area contributed by atoms with Crippen LogP contribution in [0.1, 0.15) is 19.0 Å². The third-order valence-corrected chi connectivity index (χ3v) is 3.24. The molecule has 1 heterocycles. The van der Waals surface area contributed by atoms with Crippen molar-refractivity contribution >= 4 is 16.5 Å². The van der Waals surface area contributed by atoms with Crippen LogP contribution in [0, 0.1) is 0 Å². The minimum absolute atomic E-state index is 0.374. The molecule has 1 aromatic heterocycles. The van der Waals surface area contributed by atoms with Crippen molar-refractivity contribution < 1.29 is 9.47 Å². The highest BCUT2D eigenvalue weighted by molar-refractivity contribution is 7.10. The van der Waals surface area contributed by atoms with Crippen LogP contribution in [-0.2, 0) is 6.61 Å². The number of hydrogen-bond acceptors (Lipinski definition) is 6. The van der Waals surface area contributed by atoms with Crippen LogP contribution in [0.2, 0.25) is 0 Å². The molecule has 0 aliphatic carbocycles. The topological polar surface area (TPSA) is 56.3 Å². The van der Waals surface area contributed by atoms with E-state index in [2.05, 4.69) is 21.8 Å². The Labute approximate surface area is 116 Å². The first-order valence-corrected chi connectivity index (χ1v) is 6.96. The second-order valence-electron chi connectivity index (χ2n) is 3.88. The molecule has 1 N–H and O–H groups in total. The lowest BCUT2D eigenvalue weighted by Crippen LogP contribution is -2.02. The second kappa shape index (κ2) is 6.94. The van der Waals surface area contributed by atoms with E-state index in [1.54, 1.807) is 0 Å². The number of para-hydroxylation sites is 2. The monoisotopic (exact) mass is 279 g/mol. The molecule has 0 aliphatic rings. The van der Waals surface area contributed by atoms with Gasteiger partial charge in [-0.25, -0.2) is 0 Å². The summed E-state index contributed by atoms with van der Waals surface area (Å²) in [5.74, 6) is 1.49. The smallest absolute Gasteiger partial charge is 0.161 e. The molecule has 19 heavy (non-hydrogen) atoms. The van der Waals surface area contributed by atoms with Crippen molar-refractivity contribution in [2.45, 2.75) is 20.0 Å². The minimum Gasteiger partial charge on any atom is -0.490 e. The lowest BCUT2D eigenvalue weighted by atomic mass is 10.3. The standard InChI is InChI=1S/C13H17N3O2S/c1-3-8-17-11-6-4-5-7-12(11)18-9-10-13(14-2)19-16-15-10/h4-7,14H,3,8-9H2,1-2H3. The fourth-order valence-corrected chi connectivity index (χ4v) is 2.06. The van der Waals surface area contributed by atoms with E-state index in [4.69, 9.17) is 9.47 Å². The number of nitrogens with one attached hydrogen (secondary N) is 1. The van der Waals surface area contributed by atoms with Crippen LogP contribution in [-0.4, -0.2) is 23.2 Å². The molecule has 0 saturated carbocycles. The Bertz CT molecular complexity index is 516. The molecule has 0 saturated heterocycles. The molecule has 0 spiro atoms. The molecule has 0 radical (unpaired) electrons. The van der Waals surface area contributed by atoms with Crippen molar-refractivity contribution in [2.75, 3.05) is 19.0 Å². The third kappa shape index (κ3) is 3.57. The summed E-state index contributed by atoms with van der Waals surface area (Å²) in [6.07, 6.45) is 0.967. The van der Waals surface area contributed by atoms with E-state index in [1.807, 2.05) is 31.3 Å². The Kier molecular flexibility index (Phi) is 4.97. The summed E-state index contributed by atoms with van der Waals surface area (Å²) in [5.41, 5.74) is 0.804. The largest absolute Gasteiger partial charge is 0.490 e. The zero-order valence-corrected chi connectivity index (χ0v) is 11.9. The van der Waals surface area contributed by atoms with E-state index in [-0.39, 0.29) is 0 Å². The van der Waals surface area contributed by atoms with Crippen LogP contribution in [0.15, 0.2) is 24.3 Å². The van der Waals surface area contributed by atoms with Gasteiger partial charge in [0.1, 0.15) is 17.3 Å². The quantitative estimate of drug-likeness (QED) is 0.844. The Balaban J connectivity index is 2.02. The first kappa shape index (κ1) is 13.6. The fourth-order valence-electron chi connectivity index (χ4n) is 1.54. The highest BCUT2D eigenvalue weighted by atomic mass is 32.1. The Hall–Kier alpha value is -1.82. The predicted octanol–water partition coefficient (Wildman–Crippen LogP) is 2.95. The number of nitrogens with zero attached hydrogens (tertiary/aromatic N) is 2. The molecular weight excluding hydrogens is 262 g/mol. The van der Waals surface area contributed by atoms with E-state index in [0.29, 0.717) is 13.2 Å². The van der Waals surface area contributed by atoms with Crippen LogP contribution in [0.25, 0.3) is 0 Å². The molecule has 2 aromatic rings. The van der Waals surface area contributed by atoms with Crippen LogP contribution < -0.4 is 14.8 Å². The summed E-state index contributed by atoms with van der Waals surface area (Å²) in [6.45, 7) is 3.13. The highest BCUT2D eigenvalue weighted by Gasteiger charge is 2.09. The number of anilines is 1. The van der Waals surface area contributed by atoms with Crippen molar-refractivity contribution in [3.05, 3.63) is 30.0 Å². The van der Waals surface area contributed by atoms with E-state index in [9.17, 15) is 0 Å². The summed E-state index contributed by atoms with van der Waals surface area (Å²) in [7, 11) is 1.84. The lowest BCUT2D eigenvalue weighted by molar-refractivity contribution is 0.260. The van der Waals surface area contributed by atoms with Crippen LogP contribution in [0.3, 0.4) is 0 Å². The number of aromatic nitrogens is 2. The van der Waals surface area contributed by atoms with Gasteiger partial charge >= 0.3 is 0 Å². The van der Waals surface area contributed by atoms with Gasteiger partial charge in [0.05, 0.1) is 6.61 Å². The molecule has 102 valence electrons. The van der Waals surface area contributed by atoms with Crippen molar-refractivity contribution in [2.24, 2.45) is 0 Å². The number of hydrogen-bond donors (Lipinski definition) is 1. The SMILES string of the molecule is CCCOc1ccccc1OCc1nnsc1NC.